The van der Waals surface area contributed by atoms with Gasteiger partial charge in [-0.25, -0.2) is 9.97 Å². The van der Waals surface area contributed by atoms with Gasteiger partial charge in [-0.2, -0.15) is 0 Å². The van der Waals surface area contributed by atoms with Gasteiger partial charge in [0.05, 0.1) is 5.69 Å². The van der Waals surface area contributed by atoms with Crippen molar-refractivity contribution in [1.29, 1.82) is 0 Å². The van der Waals surface area contributed by atoms with E-state index in [-0.39, 0.29) is 0 Å². The third kappa shape index (κ3) is 4.12. The molecule has 4 heteroatoms. The summed E-state index contributed by atoms with van der Waals surface area (Å²) in [6.07, 6.45) is 3.72. The lowest BCUT2D eigenvalue weighted by Gasteiger charge is -2.13. The summed E-state index contributed by atoms with van der Waals surface area (Å²) in [4.78, 5) is 19.9. The van der Waals surface area contributed by atoms with Gasteiger partial charge in [-0.05, 0) is 31.4 Å². The first-order chi connectivity index (χ1) is 10.1. The highest BCUT2D eigenvalue weighted by Gasteiger charge is 2.22. The Hall–Kier alpha value is -2.23. The Morgan fingerprint density at radius 2 is 1.95 bits per heavy atom. The maximum absolute atomic E-state index is 11.6. The molecule has 0 aliphatic rings. The first-order valence-corrected chi connectivity index (χ1v) is 7.19. The number of carbonyl (C=O) groups is 1. The Kier molecular flexibility index (Phi) is 5.04. The van der Waals surface area contributed by atoms with Crippen molar-refractivity contribution in [3.8, 4) is 0 Å². The lowest BCUT2D eigenvalue weighted by molar-refractivity contribution is -0.138. The highest BCUT2D eigenvalue weighted by atomic mass is 16.4. The van der Waals surface area contributed by atoms with Gasteiger partial charge in [-0.3, -0.25) is 4.79 Å². The number of hydrogen-bond acceptors (Lipinski definition) is 3. The average Bonchev–Trinajstić information content (AvgIpc) is 2.47. The summed E-state index contributed by atoms with van der Waals surface area (Å²) in [7, 11) is 0. The van der Waals surface area contributed by atoms with E-state index in [1.165, 1.54) is 6.33 Å². The van der Waals surface area contributed by atoms with Crippen LogP contribution in [0.5, 0.6) is 0 Å². The molecule has 0 aliphatic heterocycles. The highest BCUT2D eigenvalue weighted by Crippen LogP contribution is 2.20. The van der Waals surface area contributed by atoms with Gasteiger partial charge >= 0.3 is 5.97 Å². The largest absolute Gasteiger partial charge is 0.481 e. The maximum Gasteiger partial charge on any atom is 0.312 e. The fraction of sp³-hybridized carbons (Fsp3) is 0.353. The lowest BCUT2D eigenvalue weighted by atomic mass is 9.95. The van der Waals surface area contributed by atoms with Gasteiger partial charge in [-0.15, -0.1) is 0 Å². The molecule has 0 radical (unpaired) electrons. The van der Waals surface area contributed by atoms with E-state index in [2.05, 4.69) is 16.9 Å². The van der Waals surface area contributed by atoms with Crippen molar-refractivity contribution < 1.29 is 9.90 Å². The molecule has 4 nitrogen and oxygen atoms in total. The summed E-state index contributed by atoms with van der Waals surface area (Å²) in [5, 5.41) is 9.50. The average molecular weight is 284 g/mol. The fourth-order valence-corrected chi connectivity index (χ4v) is 2.28. The molecule has 0 saturated carbocycles. The van der Waals surface area contributed by atoms with Crippen LogP contribution in [0.4, 0.5) is 0 Å². The second kappa shape index (κ2) is 6.97. The summed E-state index contributed by atoms with van der Waals surface area (Å²) in [6, 6.07) is 9.75. The number of rotatable bonds is 6. The normalized spacial score (nSPS) is 12.1. The Labute approximate surface area is 124 Å². The standard InChI is InChI=1S/C17H20N2O2/c1-3-4-14-10-16(19-11-18-14)15(17(20)21)9-13-7-5-12(2)6-8-13/h5-8,10-11,15H,3-4,9H2,1-2H3,(H,20,21). The van der Waals surface area contributed by atoms with Gasteiger partial charge in [0.2, 0.25) is 0 Å². The topological polar surface area (TPSA) is 63.1 Å². The molecule has 1 heterocycles. The van der Waals surface area contributed by atoms with E-state index in [4.69, 9.17) is 0 Å². The molecule has 1 aromatic heterocycles. The zero-order chi connectivity index (χ0) is 15.2. The Morgan fingerprint density at radius 3 is 2.57 bits per heavy atom. The van der Waals surface area contributed by atoms with Crippen molar-refractivity contribution in [2.45, 2.75) is 39.0 Å². The van der Waals surface area contributed by atoms with E-state index in [9.17, 15) is 9.90 Å². The minimum Gasteiger partial charge on any atom is -0.481 e. The van der Waals surface area contributed by atoms with Crippen molar-refractivity contribution in [2.75, 3.05) is 0 Å². The summed E-state index contributed by atoms with van der Waals surface area (Å²) in [5.74, 6) is -1.48. The molecule has 2 aromatic rings. The molecule has 21 heavy (non-hydrogen) atoms. The zero-order valence-electron chi connectivity index (χ0n) is 12.4. The third-order valence-corrected chi connectivity index (χ3v) is 3.47. The summed E-state index contributed by atoms with van der Waals surface area (Å²) in [6.45, 7) is 4.09. The Bertz CT molecular complexity index is 608. The van der Waals surface area contributed by atoms with E-state index in [0.717, 1.165) is 29.7 Å². The van der Waals surface area contributed by atoms with Crippen molar-refractivity contribution in [2.24, 2.45) is 0 Å². The first kappa shape index (κ1) is 15.2. The number of aliphatic carboxylic acids is 1. The van der Waals surface area contributed by atoms with Crippen LogP contribution >= 0.6 is 0 Å². The van der Waals surface area contributed by atoms with Gasteiger partial charge in [-0.1, -0.05) is 43.2 Å². The summed E-state index contributed by atoms with van der Waals surface area (Å²) < 4.78 is 0. The third-order valence-electron chi connectivity index (χ3n) is 3.47. The van der Waals surface area contributed by atoms with Crippen molar-refractivity contribution >= 4 is 5.97 Å². The number of carboxylic acid groups (broad SMARTS) is 1. The summed E-state index contributed by atoms with van der Waals surface area (Å²) >= 11 is 0. The number of carboxylic acids is 1. The molecule has 0 spiro atoms. The van der Waals surface area contributed by atoms with Gasteiger partial charge in [0.15, 0.2) is 0 Å². The van der Waals surface area contributed by atoms with Gasteiger partial charge in [0.1, 0.15) is 12.2 Å². The van der Waals surface area contributed by atoms with E-state index < -0.39 is 11.9 Å². The molecule has 0 saturated heterocycles. The quantitative estimate of drug-likeness (QED) is 0.885. The second-order valence-electron chi connectivity index (χ2n) is 5.26. The molecule has 1 aromatic carbocycles. The molecule has 1 unspecified atom stereocenters. The van der Waals surface area contributed by atoms with Crippen molar-refractivity contribution in [3.05, 3.63) is 59.2 Å². The first-order valence-electron chi connectivity index (χ1n) is 7.19. The molecule has 2 rings (SSSR count). The molecular formula is C17H20N2O2. The fourth-order valence-electron chi connectivity index (χ4n) is 2.28. The molecule has 110 valence electrons. The van der Waals surface area contributed by atoms with Crippen LogP contribution in [-0.2, 0) is 17.6 Å². The Balaban J connectivity index is 2.24. The van der Waals surface area contributed by atoms with E-state index in [1.807, 2.05) is 37.3 Å². The smallest absolute Gasteiger partial charge is 0.312 e. The molecule has 1 atom stereocenters. The van der Waals surface area contributed by atoms with Gasteiger partial charge < -0.3 is 5.11 Å². The minimum absolute atomic E-state index is 0.443. The van der Waals surface area contributed by atoms with Crippen LogP contribution in [0.25, 0.3) is 0 Å². The number of benzene rings is 1. The van der Waals surface area contributed by atoms with Crippen LogP contribution in [0.3, 0.4) is 0 Å². The van der Waals surface area contributed by atoms with Crippen LogP contribution in [-0.4, -0.2) is 21.0 Å². The Morgan fingerprint density at radius 1 is 1.24 bits per heavy atom. The minimum atomic E-state index is -0.850. The van der Waals surface area contributed by atoms with Crippen LogP contribution in [0.15, 0.2) is 36.7 Å². The maximum atomic E-state index is 11.6. The van der Waals surface area contributed by atoms with Crippen LogP contribution < -0.4 is 0 Å². The molecule has 1 N–H and O–H groups in total. The van der Waals surface area contributed by atoms with E-state index >= 15 is 0 Å². The van der Waals surface area contributed by atoms with E-state index in [0.29, 0.717) is 12.1 Å². The van der Waals surface area contributed by atoms with Crippen molar-refractivity contribution in [1.82, 2.24) is 9.97 Å². The van der Waals surface area contributed by atoms with Crippen molar-refractivity contribution in [3.63, 3.8) is 0 Å². The molecule has 0 bridgehead atoms. The monoisotopic (exact) mass is 284 g/mol. The number of aromatic nitrogens is 2. The SMILES string of the molecule is CCCc1cc(C(Cc2ccc(C)cc2)C(=O)O)ncn1. The van der Waals surface area contributed by atoms with Crippen LogP contribution in [0, 0.1) is 6.92 Å². The number of hydrogen-bond donors (Lipinski definition) is 1. The zero-order valence-corrected chi connectivity index (χ0v) is 12.4. The summed E-state index contributed by atoms with van der Waals surface area (Å²) in [5.41, 5.74) is 3.65. The molecule has 0 fully saturated rings. The second-order valence-corrected chi connectivity index (χ2v) is 5.26. The number of aryl methyl sites for hydroxylation is 2. The van der Waals surface area contributed by atoms with Crippen LogP contribution in [0.2, 0.25) is 0 Å². The molecule has 0 amide bonds. The van der Waals surface area contributed by atoms with Gasteiger partial charge in [0, 0.05) is 5.69 Å². The highest BCUT2D eigenvalue weighted by molar-refractivity contribution is 5.75. The van der Waals surface area contributed by atoms with Crippen LogP contribution in [0.1, 0.15) is 41.8 Å². The van der Waals surface area contributed by atoms with Gasteiger partial charge in [0.25, 0.3) is 0 Å². The predicted octanol–water partition coefficient (Wildman–Crippen LogP) is 3.15. The van der Waals surface area contributed by atoms with E-state index in [1.54, 1.807) is 0 Å². The number of nitrogens with zero attached hydrogens (tertiary/aromatic N) is 2. The predicted molar refractivity (Wildman–Crippen MR) is 81.3 cm³/mol. The molecular weight excluding hydrogens is 264 g/mol. The molecule has 0 aliphatic carbocycles. The lowest BCUT2D eigenvalue weighted by Crippen LogP contribution is -2.16.